The summed E-state index contributed by atoms with van der Waals surface area (Å²) in [7, 11) is 0. The third-order valence-corrected chi connectivity index (χ3v) is 4.51. The number of rotatable bonds is 3. The van der Waals surface area contributed by atoms with Gasteiger partial charge in [-0.15, -0.1) is 0 Å². The summed E-state index contributed by atoms with van der Waals surface area (Å²) in [4.78, 5) is 13.4. The second-order valence-electron chi connectivity index (χ2n) is 4.91. The minimum Gasteiger partial charge on any atom is -0.480 e. The topological polar surface area (TPSA) is 40.5 Å². The number of hydrogen-bond donors (Lipinski definition) is 1. The normalized spacial score (nSPS) is 21.1. The van der Waals surface area contributed by atoms with Gasteiger partial charge in [0.25, 0.3) is 0 Å². The molecule has 3 nitrogen and oxygen atoms in total. The van der Waals surface area contributed by atoms with E-state index in [1.165, 1.54) is 0 Å². The molecule has 1 N–H and O–H groups in total. The summed E-state index contributed by atoms with van der Waals surface area (Å²) in [5.41, 5.74) is 1.08. The van der Waals surface area contributed by atoms with Crippen molar-refractivity contribution in [1.82, 2.24) is 4.90 Å². The van der Waals surface area contributed by atoms with Crippen LogP contribution in [0.15, 0.2) is 22.7 Å². The number of hydrogen-bond acceptors (Lipinski definition) is 2. The molecule has 1 aliphatic heterocycles. The number of benzene rings is 1. The largest absolute Gasteiger partial charge is 0.480 e. The first-order valence-corrected chi connectivity index (χ1v) is 7.66. The Bertz CT molecular complexity index is 467. The number of aliphatic carboxylic acids is 1. The molecule has 19 heavy (non-hydrogen) atoms. The molecule has 0 amide bonds. The first kappa shape index (κ1) is 14.8. The van der Waals surface area contributed by atoms with E-state index in [4.69, 9.17) is 11.6 Å². The molecule has 2 rings (SSSR count). The highest BCUT2D eigenvalue weighted by molar-refractivity contribution is 9.10. The molecule has 0 saturated carbocycles. The van der Waals surface area contributed by atoms with Crippen molar-refractivity contribution >= 4 is 33.5 Å². The predicted octanol–water partition coefficient (Wildman–Crippen LogP) is 3.93. The van der Waals surface area contributed by atoms with Crippen LogP contribution in [0.3, 0.4) is 0 Å². The first-order valence-electron chi connectivity index (χ1n) is 6.48. The van der Waals surface area contributed by atoms with E-state index in [1.807, 2.05) is 18.2 Å². The predicted molar refractivity (Wildman–Crippen MR) is 79.5 cm³/mol. The van der Waals surface area contributed by atoms with E-state index in [0.29, 0.717) is 11.6 Å². The Kier molecular flexibility index (Phi) is 5.25. The van der Waals surface area contributed by atoms with Gasteiger partial charge in [0.05, 0.1) is 0 Å². The first-order chi connectivity index (χ1) is 9.08. The van der Waals surface area contributed by atoms with Crippen molar-refractivity contribution in [2.75, 3.05) is 6.54 Å². The van der Waals surface area contributed by atoms with Gasteiger partial charge in [-0.1, -0.05) is 46.4 Å². The van der Waals surface area contributed by atoms with Crippen LogP contribution in [-0.4, -0.2) is 28.6 Å². The highest BCUT2D eigenvalue weighted by Crippen LogP contribution is 2.25. The van der Waals surface area contributed by atoms with E-state index >= 15 is 0 Å². The highest BCUT2D eigenvalue weighted by Gasteiger charge is 2.27. The fraction of sp³-hybridized carbons (Fsp3) is 0.500. The molecule has 0 bridgehead atoms. The van der Waals surface area contributed by atoms with Gasteiger partial charge in [-0.25, -0.2) is 0 Å². The molecule has 0 spiro atoms. The van der Waals surface area contributed by atoms with Gasteiger partial charge in [-0.05, 0) is 37.1 Å². The van der Waals surface area contributed by atoms with Crippen LogP contribution in [-0.2, 0) is 11.3 Å². The Hall–Kier alpha value is -0.580. The van der Waals surface area contributed by atoms with Crippen molar-refractivity contribution in [2.24, 2.45) is 0 Å². The molecule has 0 radical (unpaired) electrons. The standard InChI is InChI=1S/C14H17BrClNO2/c15-12-8-11(16)6-5-10(12)9-17-7-3-1-2-4-13(17)14(18)19/h5-6,8,13H,1-4,7,9H2,(H,18,19). The summed E-state index contributed by atoms with van der Waals surface area (Å²) in [5, 5.41) is 10.0. The summed E-state index contributed by atoms with van der Waals surface area (Å²) >= 11 is 9.42. The van der Waals surface area contributed by atoms with Crippen LogP contribution in [0.25, 0.3) is 0 Å². The Balaban J connectivity index is 2.16. The summed E-state index contributed by atoms with van der Waals surface area (Å²) in [5.74, 6) is -0.716. The van der Waals surface area contributed by atoms with Gasteiger partial charge in [0.2, 0.25) is 0 Å². The average Bonchev–Trinajstić information content (AvgIpc) is 2.58. The maximum Gasteiger partial charge on any atom is 0.320 e. The molecule has 1 aromatic carbocycles. The number of carbonyl (C=O) groups is 1. The number of nitrogens with zero attached hydrogens (tertiary/aromatic N) is 1. The summed E-state index contributed by atoms with van der Waals surface area (Å²) in [6.45, 7) is 1.49. The van der Waals surface area contributed by atoms with Crippen molar-refractivity contribution in [3.05, 3.63) is 33.3 Å². The molecular formula is C14H17BrClNO2. The Morgan fingerprint density at radius 1 is 1.42 bits per heavy atom. The quantitative estimate of drug-likeness (QED) is 0.901. The van der Waals surface area contributed by atoms with Crippen molar-refractivity contribution in [2.45, 2.75) is 38.3 Å². The van der Waals surface area contributed by atoms with Gasteiger partial charge >= 0.3 is 5.97 Å². The Morgan fingerprint density at radius 3 is 2.89 bits per heavy atom. The molecule has 1 fully saturated rings. The smallest absolute Gasteiger partial charge is 0.320 e. The molecule has 1 unspecified atom stereocenters. The lowest BCUT2D eigenvalue weighted by Gasteiger charge is -2.27. The highest BCUT2D eigenvalue weighted by atomic mass is 79.9. The molecule has 1 saturated heterocycles. The lowest BCUT2D eigenvalue weighted by molar-refractivity contribution is -0.143. The number of halogens is 2. The van der Waals surface area contributed by atoms with Crippen LogP contribution in [0.4, 0.5) is 0 Å². The molecule has 1 aliphatic rings. The van der Waals surface area contributed by atoms with Crippen LogP contribution in [0, 0.1) is 0 Å². The molecule has 1 atom stereocenters. The molecule has 104 valence electrons. The lowest BCUT2D eigenvalue weighted by Crippen LogP contribution is -2.40. The zero-order valence-corrected chi connectivity index (χ0v) is 13.0. The van der Waals surface area contributed by atoms with Gasteiger partial charge in [0.1, 0.15) is 6.04 Å². The van der Waals surface area contributed by atoms with Crippen molar-refractivity contribution < 1.29 is 9.90 Å². The fourth-order valence-electron chi connectivity index (χ4n) is 2.51. The lowest BCUT2D eigenvalue weighted by atomic mass is 10.1. The van der Waals surface area contributed by atoms with Crippen LogP contribution in [0.1, 0.15) is 31.2 Å². The number of likely N-dealkylation sites (tertiary alicyclic amines) is 1. The van der Waals surface area contributed by atoms with Crippen molar-refractivity contribution in [3.63, 3.8) is 0 Å². The van der Waals surface area contributed by atoms with Crippen LogP contribution >= 0.6 is 27.5 Å². The maximum absolute atomic E-state index is 11.4. The van der Waals surface area contributed by atoms with Gasteiger partial charge in [-0.2, -0.15) is 0 Å². The Labute approximate surface area is 126 Å². The fourth-order valence-corrected chi connectivity index (χ4v) is 3.31. The van der Waals surface area contributed by atoms with Crippen LogP contribution in [0.2, 0.25) is 5.02 Å². The molecular weight excluding hydrogens is 330 g/mol. The van der Waals surface area contributed by atoms with E-state index in [0.717, 1.165) is 42.3 Å². The number of carboxylic acids is 1. The average molecular weight is 347 g/mol. The van der Waals surface area contributed by atoms with E-state index in [-0.39, 0.29) is 6.04 Å². The zero-order chi connectivity index (χ0) is 13.8. The molecule has 0 aliphatic carbocycles. The molecule has 1 aromatic rings. The summed E-state index contributed by atoms with van der Waals surface area (Å²) < 4.78 is 0.938. The monoisotopic (exact) mass is 345 g/mol. The summed E-state index contributed by atoms with van der Waals surface area (Å²) in [6, 6.07) is 5.28. The third kappa shape index (κ3) is 3.94. The van der Waals surface area contributed by atoms with Gasteiger partial charge in [-0.3, -0.25) is 9.69 Å². The van der Waals surface area contributed by atoms with Crippen molar-refractivity contribution in [3.8, 4) is 0 Å². The minimum absolute atomic E-state index is 0.370. The van der Waals surface area contributed by atoms with Crippen molar-refractivity contribution in [1.29, 1.82) is 0 Å². The number of carboxylic acid groups (broad SMARTS) is 1. The Morgan fingerprint density at radius 2 is 2.21 bits per heavy atom. The van der Waals surface area contributed by atoms with Crippen LogP contribution < -0.4 is 0 Å². The molecule has 5 heteroatoms. The molecule has 0 aromatic heterocycles. The SMILES string of the molecule is O=C(O)C1CCCCCN1Cc1ccc(Cl)cc1Br. The van der Waals surface area contributed by atoms with Gasteiger partial charge in [0.15, 0.2) is 0 Å². The van der Waals surface area contributed by atoms with Crippen LogP contribution in [0.5, 0.6) is 0 Å². The second kappa shape index (κ2) is 6.73. The van der Waals surface area contributed by atoms with Gasteiger partial charge in [0, 0.05) is 16.0 Å². The van der Waals surface area contributed by atoms with E-state index in [9.17, 15) is 9.90 Å². The third-order valence-electron chi connectivity index (χ3n) is 3.54. The molecule has 1 heterocycles. The van der Waals surface area contributed by atoms with E-state index in [2.05, 4.69) is 20.8 Å². The van der Waals surface area contributed by atoms with E-state index in [1.54, 1.807) is 0 Å². The zero-order valence-electron chi connectivity index (χ0n) is 10.6. The van der Waals surface area contributed by atoms with E-state index < -0.39 is 5.97 Å². The summed E-state index contributed by atoms with van der Waals surface area (Å²) in [6.07, 6.45) is 3.91. The maximum atomic E-state index is 11.4. The second-order valence-corrected chi connectivity index (χ2v) is 6.20. The van der Waals surface area contributed by atoms with Gasteiger partial charge < -0.3 is 5.11 Å². The minimum atomic E-state index is -0.716.